The molecule has 0 amide bonds. The van der Waals surface area contributed by atoms with Crippen LogP contribution in [-0.4, -0.2) is 32.2 Å². The fourth-order valence-corrected chi connectivity index (χ4v) is 1.24. The largest absolute Gasteiger partial charge is 0.476 e. The van der Waals surface area contributed by atoms with Crippen molar-refractivity contribution in [2.45, 2.75) is 18.9 Å². The van der Waals surface area contributed by atoms with Crippen LogP contribution in [0.1, 0.15) is 18.7 Å². The second-order valence-corrected chi connectivity index (χ2v) is 3.79. The highest BCUT2D eigenvalue weighted by Crippen LogP contribution is 2.23. The number of aliphatic carboxylic acids is 1. The maximum Gasteiger partial charge on any atom is 0.362 e. The van der Waals surface area contributed by atoms with E-state index in [1.807, 2.05) is 0 Å². The van der Waals surface area contributed by atoms with Crippen LogP contribution in [0.5, 0.6) is 0 Å². The van der Waals surface area contributed by atoms with E-state index in [1.54, 1.807) is 0 Å². The van der Waals surface area contributed by atoms with E-state index in [9.17, 15) is 4.79 Å². The van der Waals surface area contributed by atoms with Crippen molar-refractivity contribution in [3.8, 4) is 0 Å². The highest BCUT2D eigenvalue weighted by molar-refractivity contribution is 7.09. The molecule has 15 heavy (non-hydrogen) atoms. The Morgan fingerprint density at radius 3 is 2.87 bits per heavy atom. The summed E-state index contributed by atoms with van der Waals surface area (Å²) in [5.41, 5.74) is 5.03. The van der Waals surface area contributed by atoms with Gasteiger partial charge in [-0.05, 0) is 12.8 Å². The van der Waals surface area contributed by atoms with E-state index >= 15 is 0 Å². The maximum atomic E-state index is 10.8. The summed E-state index contributed by atoms with van der Waals surface area (Å²) in [6.07, 6.45) is 1.85. The number of carbonyl (C=O) groups is 1. The van der Waals surface area contributed by atoms with E-state index in [4.69, 9.17) is 15.7 Å². The molecule has 0 spiro atoms. The summed E-state index contributed by atoms with van der Waals surface area (Å²) in [7, 11) is 0. The van der Waals surface area contributed by atoms with Gasteiger partial charge in [0.05, 0.1) is 0 Å². The molecule has 1 fully saturated rings. The Hall–Kier alpha value is -1.70. The molecule has 0 atom stereocenters. The van der Waals surface area contributed by atoms with Crippen molar-refractivity contribution in [1.29, 1.82) is 0 Å². The van der Waals surface area contributed by atoms with Crippen molar-refractivity contribution in [3.63, 3.8) is 0 Å². The van der Waals surface area contributed by atoms with Gasteiger partial charge in [-0.2, -0.15) is 9.36 Å². The van der Waals surface area contributed by atoms with E-state index < -0.39 is 5.97 Å². The Kier molecular flexibility index (Phi) is 2.50. The zero-order valence-corrected chi connectivity index (χ0v) is 8.40. The number of oxime groups is 1. The van der Waals surface area contributed by atoms with Gasteiger partial charge >= 0.3 is 5.97 Å². The number of nitrogens with zero attached hydrogens (tertiary/aromatic N) is 3. The first-order valence-corrected chi connectivity index (χ1v) is 5.01. The number of anilines is 1. The number of hydrogen-bond donors (Lipinski definition) is 2. The highest BCUT2D eigenvalue weighted by atomic mass is 32.1. The zero-order chi connectivity index (χ0) is 10.8. The predicted octanol–water partition coefficient (Wildman–Crippen LogP) is 0.0880. The molecule has 3 N–H and O–H groups in total. The van der Waals surface area contributed by atoms with Gasteiger partial charge in [-0.25, -0.2) is 4.79 Å². The molecule has 0 saturated heterocycles. The lowest BCUT2D eigenvalue weighted by Crippen LogP contribution is -2.17. The maximum absolute atomic E-state index is 10.8. The normalized spacial score (nSPS) is 16.4. The van der Waals surface area contributed by atoms with Crippen molar-refractivity contribution in [1.82, 2.24) is 9.36 Å². The van der Waals surface area contributed by atoms with Crippen LogP contribution in [-0.2, 0) is 9.63 Å². The fraction of sp³-hybridized carbons (Fsp3) is 0.429. The van der Waals surface area contributed by atoms with Crippen molar-refractivity contribution in [2.24, 2.45) is 5.16 Å². The average Bonchev–Trinajstić information content (AvgIpc) is 2.89. The minimum atomic E-state index is -1.23. The smallest absolute Gasteiger partial charge is 0.362 e. The quantitative estimate of drug-likeness (QED) is 0.558. The number of carboxylic acid groups (broad SMARTS) is 1. The van der Waals surface area contributed by atoms with Gasteiger partial charge in [0.25, 0.3) is 0 Å². The summed E-state index contributed by atoms with van der Waals surface area (Å²) in [6, 6.07) is 0. The Bertz CT molecular complexity index is 412. The number of carboxylic acids is 1. The van der Waals surface area contributed by atoms with Crippen LogP contribution in [0.2, 0.25) is 0 Å². The van der Waals surface area contributed by atoms with Crippen LogP contribution in [0.4, 0.5) is 5.13 Å². The molecule has 1 aliphatic rings. The lowest BCUT2D eigenvalue weighted by atomic mass is 10.4. The van der Waals surface area contributed by atoms with Crippen LogP contribution < -0.4 is 5.73 Å². The topological polar surface area (TPSA) is 111 Å². The molecular weight excluding hydrogens is 220 g/mol. The van der Waals surface area contributed by atoms with E-state index in [-0.39, 0.29) is 22.8 Å². The van der Waals surface area contributed by atoms with Crippen LogP contribution in [0.3, 0.4) is 0 Å². The zero-order valence-electron chi connectivity index (χ0n) is 7.58. The molecule has 0 radical (unpaired) electrons. The number of nitrogen functional groups attached to an aromatic ring is 1. The Morgan fingerprint density at radius 1 is 1.67 bits per heavy atom. The van der Waals surface area contributed by atoms with Crippen LogP contribution in [0.15, 0.2) is 5.16 Å². The van der Waals surface area contributed by atoms with Gasteiger partial charge < -0.3 is 15.7 Å². The van der Waals surface area contributed by atoms with E-state index in [0.717, 1.165) is 24.4 Å². The second kappa shape index (κ2) is 3.81. The molecular formula is C7H8N4O3S. The number of aromatic nitrogens is 2. The number of nitrogens with two attached hydrogens (primary N) is 1. The van der Waals surface area contributed by atoms with Crippen molar-refractivity contribution < 1.29 is 14.7 Å². The van der Waals surface area contributed by atoms with Gasteiger partial charge in [-0.1, -0.05) is 5.16 Å². The number of rotatable bonds is 4. The molecule has 2 rings (SSSR count). The predicted molar refractivity (Wildman–Crippen MR) is 52.6 cm³/mol. The van der Waals surface area contributed by atoms with Crippen molar-refractivity contribution >= 4 is 28.3 Å². The number of hydrogen-bond acceptors (Lipinski definition) is 7. The van der Waals surface area contributed by atoms with Gasteiger partial charge in [0.15, 0.2) is 5.13 Å². The second-order valence-electron chi connectivity index (χ2n) is 3.01. The summed E-state index contributed by atoms with van der Waals surface area (Å²) in [5.74, 6) is -1.24. The highest BCUT2D eigenvalue weighted by Gasteiger charge is 2.26. The van der Waals surface area contributed by atoms with Gasteiger partial charge in [0.1, 0.15) is 6.10 Å². The molecule has 1 saturated carbocycles. The summed E-state index contributed by atoms with van der Waals surface area (Å²) < 4.78 is 3.75. The van der Waals surface area contributed by atoms with Crippen LogP contribution >= 0.6 is 11.5 Å². The first-order valence-electron chi connectivity index (χ1n) is 4.23. The van der Waals surface area contributed by atoms with Gasteiger partial charge in [-0.3, -0.25) is 0 Å². The van der Waals surface area contributed by atoms with Gasteiger partial charge in [0.2, 0.25) is 11.5 Å². The molecule has 0 unspecified atom stereocenters. The first kappa shape index (κ1) is 9.84. The van der Waals surface area contributed by atoms with E-state index in [0.29, 0.717) is 0 Å². The Morgan fingerprint density at radius 2 is 2.40 bits per heavy atom. The van der Waals surface area contributed by atoms with E-state index in [2.05, 4.69) is 14.5 Å². The molecule has 1 aromatic rings. The molecule has 80 valence electrons. The third kappa shape index (κ3) is 2.40. The standard InChI is InChI=1S/C7H8N4O3S/c8-7-9-5(11-15-7)4(6(12)13)10-14-3-1-2-3/h3H,1-2H2,(H,12,13)(H2,8,9,11). The SMILES string of the molecule is Nc1nc(C(=NOC2CC2)C(=O)O)ns1. The van der Waals surface area contributed by atoms with Crippen LogP contribution in [0.25, 0.3) is 0 Å². The third-order valence-corrected chi connectivity index (χ3v) is 2.22. The molecule has 0 bridgehead atoms. The fourth-order valence-electron chi connectivity index (χ4n) is 0.808. The summed E-state index contributed by atoms with van der Waals surface area (Å²) in [5, 5.41) is 12.6. The lowest BCUT2D eigenvalue weighted by Gasteiger charge is -1.96. The third-order valence-electron chi connectivity index (χ3n) is 1.67. The molecule has 1 aliphatic carbocycles. The Labute approximate surface area is 88.7 Å². The van der Waals surface area contributed by atoms with Crippen molar-refractivity contribution in [2.75, 3.05) is 5.73 Å². The molecule has 1 aromatic heterocycles. The summed E-state index contributed by atoms with van der Waals surface area (Å²) in [6.45, 7) is 0. The molecule has 8 heteroatoms. The summed E-state index contributed by atoms with van der Waals surface area (Å²) in [4.78, 5) is 19.5. The van der Waals surface area contributed by atoms with Gasteiger partial charge in [0, 0.05) is 11.5 Å². The molecule has 7 nitrogen and oxygen atoms in total. The molecule has 0 aliphatic heterocycles. The monoisotopic (exact) mass is 228 g/mol. The minimum Gasteiger partial charge on any atom is -0.476 e. The van der Waals surface area contributed by atoms with Crippen LogP contribution in [0, 0.1) is 0 Å². The average molecular weight is 228 g/mol. The summed E-state index contributed by atoms with van der Waals surface area (Å²) >= 11 is 0.917. The van der Waals surface area contributed by atoms with Crippen molar-refractivity contribution in [3.05, 3.63) is 5.82 Å². The van der Waals surface area contributed by atoms with E-state index in [1.165, 1.54) is 0 Å². The lowest BCUT2D eigenvalue weighted by molar-refractivity contribution is -0.129. The first-order chi connectivity index (χ1) is 7.16. The molecule has 0 aromatic carbocycles. The van der Waals surface area contributed by atoms with Gasteiger partial charge in [-0.15, -0.1) is 0 Å². The Balaban J connectivity index is 2.17. The minimum absolute atomic E-state index is 0.00866. The molecule has 1 heterocycles.